The number of hydrogen-bond donors (Lipinski definition) is 1. The lowest BCUT2D eigenvalue weighted by Crippen LogP contribution is -2.29. The van der Waals surface area contributed by atoms with Gasteiger partial charge in [0.2, 0.25) is 0 Å². The zero-order chi connectivity index (χ0) is 15.2. The minimum atomic E-state index is 0.420. The molecule has 0 atom stereocenters. The van der Waals surface area contributed by atoms with E-state index in [0.29, 0.717) is 5.92 Å². The lowest BCUT2D eigenvalue weighted by atomic mass is 9.89. The molecule has 0 spiro atoms. The van der Waals surface area contributed by atoms with Crippen LogP contribution in [0, 0.1) is 5.92 Å². The van der Waals surface area contributed by atoms with Crippen molar-refractivity contribution in [3.05, 3.63) is 11.9 Å². The second-order valence-electron chi connectivity index (χ2n) is 6.53. The summed E-state index contributed by atoms with van der Waals surface area (Å²) in [4.78, 5) is 11.4. The molecule has 0 amide bonds. The molecule has 1 aliphatic carbocycles. The number of rotatable bonds is 6. The molecule has 0 unspecified atom stereocenters. The predicted octanol–water partition coefficient (Wildman–Crippen LogP) is 4.05. The van der Waals surface area contributed by atoms with Crippen LogP contribution in [0.25, 0.3) is 0 Å². The van der Waals surface area contributed by atoms with Crippen molar-refractivity contribution in [1.29, 1.82) is 0 Å². The standard InChI is InChI=1S/C17H30N4/c1-5-18-16-15(13(2)3)17(20-12-19-16)21(4)11-14-9-7-6-8-10-14/h12-14H,5-11H2,1-4H3,(H,18,19,20). The molecule has 4 heteroatoms. The van der Waals surface area contributed by atoms with Gasteiger partial charge in [-0.3, -0.25) is 0 Å². The summed E-state index contributed by atoms with van der Waals surface area (Å²) in [7, 11) is 2.18. The Balaban J connectivity index is 2.18. The fourth-order valence-corrected chi connectivity index (χ4v) is 3.37. The van der Waals surface area contributed by atoms with Crippen LogP contribution in [0.4, 0.5) is 11.6 Å². The lowest BCUT2D eigenvalue weighted by Gasteiger charge is -2.30. The summed E-state index contributed by atoms with van der Waals surface area (Å²) in [5.74, 6) is 3.33. The van der Waals surface area contributed by atoms with E-state index in [1.165, 1.54) is 37.7 Å². The van der Waals surface area contributed by atoms with Crippen molar-refractivity contribution < 1.29 is 0 Å². The van der Waals surface area contributed by atoms with Gasteiger partial charge in [0, 0.05) is 25.7 Å². The highest BCUT2D eigenvalue weighted by atomic mass is 15.2. The quantitative estimate of drug-likeness (QED) is 0.858. The molecule has 0 aromatic carbocycles. The fraction of sp³-hybridized carbons (Fsp3) is 0.765. The van der Waals surface area contributed by atoms with E-state index in [2.05, 4.69) is 48.0 Å². The van der Waals surface area contributed by atoms with Gasteiger partial charge in [-0.25, -0.2) is 9.97 Å². The topological polar surface area (TPSA) is 41.1 Å². The molecule has 118 valence electrons. The Morgan fingerprint density at radius 2 is 1.95 bits per heavy atom. The summed E-state index contributed by atoms with van der Waals surface area (Å²) in [6.07, 6.45) is 8.62. The van der Waals surface area contributed by atoms with Crippen molar-refractivity contribution in [1.82, 2.24) is 9.97 Å². The Morgan fingerprint density at radius 3 is 2.57 bits per heavy atom. The normalized spacial score (nSPS) is 16.2. The Labute approximate surface area is 129 Å². The van der Waals surface area contributed by atoms with Gasteiger partial charge in [-0.15, -0.1) is 0 Å². The average molecular weight is 290 g/mol. The van der Waals surface area contributed by atoms with Gasteiger partial charge in [-0.1, -0.05) is 33.1 Å². The molecule has 1 aliphatic rings. The second-order valence-corrected chi connectivity index (χ2v) is 6.53. The number of nitrogens with zero attached hydrogens (tertiary/aromatic N) is 3. The van der Waals surface area contributed by atoms with Gasteiger partial charge in [-0.2, -0.15) is 0 Å². The molecule has 0 saturated heterocycles. The zero-order valence-corrected chi connectivity index (χ0v) is 14.0. The number of anilines is 2. The van der Waals surface area contributed by atoms with E-state index in [9.17, 15) is 0 Å². The molecule has 4 nitrogen and oxygen atoms in total. The van der Waals surface area contributed by atoms with Crippen molar-refractivity contribution in [2.75, 3.05) is 30.4 Å². The third-order valence-corrected chi connectivity index (χ3v) is 4.40. The average Bonchev–Trinajstić information content (AvgIpc) is 2.48. The van der Waals surface area contributed by atoms with Gasteiger partial charge >= 0.3 is 0 Å². The second kappa shape index (κ2) is 7.62. The lowest BCUT2D eigenvalue weighted by molar-refractivity contribution is 0.361. The monoisotopic (exact) mass is 290 g/mol. The van der Waals surface area contributed by atoms with Crippen LogP contribution in [0.5, 0.6) is 0 Å². The maximum atomic E-state index is 4.58. The van der Waals surface area contributed by atoms with Gasteiger partial charge in [0.15, 0.2) is 0 Å². The van der Waals surface area contributed by atoms with E-state index in [1.54, 1.807) is 6.33 Å². The first-order chi connectivity index (χ1) is 10.1. The highest BCUT2D eigenvalue weighted by molar-refractivity contribution is 5.60. The third-order valence-electron chi connectivity index (χ3n) is 4.40. The molecule has 1 N–H and O–H groups in total. The highest BCUT2D eigenvalue weighted by Crippen LogP contribution is 2.32. The maximum Gasteiger partial charge on any atom is 0.137 e. The van der Waals surface area contributed by atoms with Gasteiger partial charge in [-0.05, 0) is 31.6 Å². The minimum absolute atomic E-state index is 0.420. The summed E-state index contributed by atoms with van der Waals surface area (Å²) in [5, 5.41) is 3.38. The third kappa shape index (κ3) is 4.08. The number of nitrogens with one attached hydrogen (secondary N) is 1. The molecule has 2 rings (SSSR count). The van der Waals surface area contributed by atoms with Gasteiger partial charge in [0.1, 0.15) is 18.0 Å². The van der Waals surface area contributed by atoms with Crippen LogP contribution in [-0.4, -0.2) is 30.1 Å². The Morgan fingerprint density at radius 1 is 1.24 bits per heavy atom. The molecule has 21 heavy (non-hydrogen) atoms. The minimum Gasteiger partial charge on any atom is -0.370 e. The largest absolute Gasteiger partial charge is 0.370 e. The van der Waals surface area contributed by atoms with Crippen LogP contribution in [0.15, 0.2) is 6.33 Å². The zero-order valence-electron chi connectivity index (χ0n) is 14.0. The van der Waals surface area contributed by atoms with E-state index < -0.39 is 0 Å². The van der Waals surface area contributed by atoms with Crippen LogP contribution in [-0.2, 0) is 0 Å². The van der Waals surface area contributed by atoms with Crippen molar-refractivity contribution >= 4 is 11.6 Å². The first-order valence-electron chi connectivity index (χ1n) is 8.43. The first-order valence-corrected chi connectivity index (χ1v) is 8.43. The van der Waals surface area contributed by atoms with E-state index in [1.807, 2.05) is 0 Å². The van der Waals surface area contributed by atoms with Crippen molar-refractivity contribution in [3.8, 4) is 0 Å². The highest BCUT2D eigenvalue weighted by Gasteiger charge is 2.21. The summed E-state index contributed by atoms with van der Waals surface area (Å²) in [6, 6.07) is 0. The molecule has 1 aromatic rings. The van der Waals surface area contributed by atoms with Gasteiger partial charge in [0.05, 0.1) is 0 Å². The molecular weight excluding hydrogens is 260 g/mol. The van der Waals surface area contributed by atoms with Crippen LogP contribution in [0.2, 0.25) is 0 Å². The Kier molecular flexibility index (Phi) is 5.83. The fourth-order valence-electron chi connectivity index (χ4n) is 3.37. The molecule has 1 heterocycles. The summed E-state index contributed by atoms with van der Waals surface area (Å²) >= 11 is 0. The van der Waals surface area contributed by atoms with Crippen molar-refractivity contribution in [3.63, 3.8) is 0 Å². The van der Waals surface area contributed by atoms with Gasteiger partial charge < -0.3 is 10.2 Å². The first kappa shape index (κ1) is 16.1. The molecular formula is C17H30N4. The molecule has 0 bridgehead atoms. The molecule has 0 radical (unpaired) electrons. The van der Waals surface area contributed by atoms with Crippen LogP contribution in [0.1, 0.15) is 64.4 Å². The number of aromatic nitrogens is 2. The van der Waals surface area contributed by atoms with Crippen molar-refractivity contribution in [2.24, 2.45) is 5.92 Å². The van der Waals surface area contributed by atoms with Gasteiger partial charge in [0.25, 0.3) is 0 Å². The SMILES string of the molecule is CCNc1ncnc(N(C)CC2CCCCC2)c1C(C)C. The smallest absolute Gasteiger partial charge is 0.137 e. The van der Waals surface area contributed by atoms with Crippen LogP contribution in [0.3, 0.4) is 0 Å². The van der Waals surface area contributed by atoms with Crippen molar-refractivity contribution in [2.45, 2.75) is 58.8 Å². The van der Waals surface area contributed by atoms with E-state index in [-0.39, 0.29) is 0 Å². The Hall–Kier alpha value is -1.32. The Bertz CT molecular complexity index is 438. The van der Waals surface area contributed by atoms with E-state index in [0.717, 1.165) is 30.6 Å². The summed E-state index contributed by atoms with van der Waals surface area (Å²) in [6.45, 7) is 8.55. The molecule has 0 aliphatic heterocycles. The molecule has 1 saturated carbocycles. The summed E-state index contributed by atoms with van der Waals surface area (Å²) < 4.78 is 0. The van der Waals surface area contributed by atoms with Crippen LogP contribution >= 0.6 is 0 Å². The molecule has 1 fully saturated rings. The van der Waals surface area contributed by atoms with E-state index in [4.69, 9.17) is 0 Å². The van der Waals surface area contributed by atoms with Crippen LogP contribution < -0.4 is 10.2 Å². The van der Waals surface area contributed by atoms with E-state index >= 15 is 0 Å². The maximum absolute atomic E-state index is 4.58. The predicted molar refractivity (Wildman–Crippen MR) is 90.1 cm³/mol. The molecule has 1 aromatic heterocycles. The summed E-state index contributed by atoms with van der Waals surface area (Å²) in [5.41, 5.74) is 1.25. The number of hydrogen-bond acceptors (Lipinski definition) is 4.